The second-order valence-electron chi connectivity index (χ2n) is 2.88. The molecule has 3 N–H and O–H groups in total. The number of pyridine rings is 1. The van der Waals surface area contributed by atoms with Gasteiger partial charge in [0.1, 0.15) is 5.75 Å². The molecule has 0 aromatic carbocycles. The Morgan fingerprint density at radius 2 is 2.38 bits per heavy atom. The molecule has 1 unspecified atom stereocenters. The predicted molar refractivity (Wildman–Crippen MR) is 49.6 cm³/mol. The Labute approximate surface area is 77.4 Å². The largest absolute Gasteiger partial charge is 0.495 e. The number of nitrogens with two attached hydrogens (primary N) is 1. The summed E-state index contributed by atoms with van der Waals surface area (Å²) in [6.45, 7) is -0.0167. The molecule has 13 heavy (non-hydrogen) atoms. The lowest BCUT2D eigenvalue weighted by atomic mass is 10.1. The van der Waals surface area contributed by atoms with E-state index in [-0.39, 0.29) is 12.6 Å². The minimum absolute atomic E-state index is 0.0167. The first-order valence-electron chi connectivity index (χ1n) is 4.10. The molecule has 1 rings (SSSR count). The molecular weight excluding hydrogens is 168 g/mol. The topological polar surface area (TPSA) is 68.4 Å². The van der Waals surface area contributed by atoms with Gasteiger partial charge in [-0.1, -0.05) is 0 Å². The average molecular weight is 182 g/mol. The van der Waals surface area contributed by atoms with Crippen LogP contribution in [0.15, 0.2) is 18.5 Å². The molecule has 0 spiro atoms. The van der Waals surface area contributed by atoms with Crippen LogP contribution in [0.3, 0.4) is 0 Å². The van der Waals surface area contributed by atoms with E-state index >= 15 is 0 Å². The zero-order valence-electron chi connectivity index (χ0n) is 7.60. The normalized spacial score (nSPS) is 12.5. The number of hydrogen-bond acceptors (Lipinski definition) is 4. The Morgan fingerprint density at radius 3 is 3.00 bits per heavy atom. The fourth-order valence-corrected chi connectivity index (χ4v) is 1.05. The fourth-order valence-electron chi connectivity index (χ4n) is 1.05. The number of rotatable bonds is 4. The first-order chi connectivity index (χ1) is 6.26. The van der Waals surface area contributed by atoms with Gasteiger partial charge in [0, 0.05) is 12.2 Å². The molecule has 0 radical (unpaired) electrons. The SMILES string of the molecule is COc1cncc(CC(N)CO)c1. The van der Waals surface area contributed by atoms with Gasteiger partial charge in [-0.05, 0) is 18.1 Å². The van der Waals surface area contributed by atoms with Crippen molar-refractivity contribution in [3.63, 3.8) is 0 Å². The lowest BCUT2D eigenvalue weighted by molar-refractivity contribution is 0.265. The maximum absolute atomic E-state index is 8.75. The van der Waals surface area contributed by atoms with Crippen LogP contribution >= 0.6 is 0 Å². The smallest absolute Gasteiger partial charge is 0.137 e. The van der Waals surface area contributed by atoms with Crippen LogP contribution in [0, 0.1) is 0 Å². The maximum atomic E-state index is 8.75. The molecule has 0 amide bonds. The van der Waals surface area contributed by atoms with Crippen molar-refractivity contribution in [2.24, 2.45) is 5.73 Å². The van der Waals surface area contributed by atoms with Crippen LogP contribution in [0.2, 0.25) is 0 Å². The van der Waals surface area contributed by atoms with Crippen molar-refractivity contribution in [2.75, 3.05) is 13.7 Å². The van der Waals surface area contributed by atoms with Crippen molar-refractivity contribution in [2.45, 2.75) is 12.5 Å². The lowest BCUT2D eigenvalue weighted by Crippen LogP contribution is -2.26. The minimum atomic E-state index is -0.228. The molecule has 1 aromatic rings. The third-order valence-corrected chi connectivity index (χ3v) is 1.74. The monoisotopic (exact) mass is 182 g/mol. The predicted octanol–water partition coefficient (Wildman–Crippen LogP) is -0.0477. The van der Waals surface area contributed by atoms with Gasteiger partial charge in [0.05, 0.1) is 19.9 Å². The molecular formula is C9H14N2O2. The van der Waals surface area contributed by atoms with Gasteiger partial charge in [-0.15, -0.1) is 0 Å². The number of ether oxygens (including phenoxy) is 1. The number of methoxy groups -OCH3 is 1. The molecule has 4 nitrogen and oxygen atoms in total. The molecule has 0 aliphatic carbocycles. The lowest BCUT2D eigenvalue weighted by Gasteiger charge is -2.08. The summed E-state index contributed by atoms with van der Waals surface area (Å²) >= 11 is 0. The van der Waals surface area contributed by atoms with Gasteiger partial charge in [-0.25, -0.2) is 0 Å². The number of hydrogen-bond donors (Lipinski definition) is 2. The Morgan fingerprint density at radius 1 is 1.62 bits per heavy atom. The van der Waals surface area contributed by atoms with Gasteiger partial charge in [-0.3, -0.25) is 4.98 Å². The van der Waals surface area contributed by atoms with Gasteiger partial charge < -0.3 is 15.6 Å². The Kier molecular flexibility index (Phi) is 3.67. The van der Waals surface area contributed by atoms with Crippen molar-refractivity contribution in [3.8, 4) is 5.75 Å². The molecule has 0 aliphatic heterocycles. The van der Waals surface area contributed by atoms with Crippen LogP contribution in [-0.4, -0.2) is 29.8 Å². The van der Waals surface area contributed by atoms with Crippen molar-refractivity contribution in [1.29, 1.82) is 0 Å². The van der Waals surface area contributed by atoms with Gasteiger partial charge >= 0.3 is 0 Å². The van der Waals surface area contributed by atoms with Crippen LogP contribution < -0.4 is 10.5 Å². The van der Waals surface area contributed by atoms with E-state index in [2.05, 4.69) is 4.98 Å². The summed E-state index contributed by atoms with van der Waals surface area (Å²) in [7, 11) is 1.59. The van der Waals surface area contributed by atoms with E-state index in [0.717, 1.165) is 5.56 Å². The van der Waals surface area contributed by atoms with Crippen molar-refractivity contribution in [3.05, 3.63) is 24.0 Å². The molecule has 1 heterocycles. The number of aromatic nitrogens is 1. The molecule has 1 atom stereocenters. The number of aliphatic hydroxyl groups excluding tert-OH is 1. The Hall–Kier alpha value is -1.13. The van der Waals surface area contributed by atoms with Crippen LogP contribution in [0.25, 0.3) is 0 Å². The molecule has 0 bridgehead atoms. The quantitative estimate of drug-likeness (QED) is 0.685. The summed E-state index contributed by atoms with van der Waals surface area (Å²) in [6.07, 6.45) is 3.96. The van der Waals surface area contributed by atoms with E-state index in [0.29, 0.717) is 12.2 Å². The molecule has 0 aliphatic rings. The summed E-state index contributed by atoms with van der Waals surface area (Å²) < 4.78 is 5.00. The third kappa shape index (κ3) is 3.01. The standard InChI is InChI=1S/C9H14N2O2/c1-13-9-3-7(4-11-5-9)2-8(10)6-12/h3-5,8,12H,2,6,10H2,1H3. The van der Waals surface area contributed by atoms with Gasteiger partial charge in [0.2, 0.25) is 0 Å². The maximum Gasteiger partial charge on any atom is 0.137 e. The second kappa shape index (κ2) is 4.79. The van der Waals surface area contributed by atoms with Gasteiger partial charge in [0.15, 0.2) is 0 Å². The highest BCUT2D eigenvalue weighted by atomic mass is 16.5. The highest BCUT2D eigenvalue weighted by molar-refractivity contribution is 5.23. The summed E-state index contributed by atoms with van der Waals surface area (Å²) in [4.78, 5) is 3.98. The zero-order chi connectivity index (χ0) is 9.68. The van der Waals surface area contributed by atoms with Crippen molar-refractivity contribution >= 4 is 0 Å². The number of nitrogens with zero attached hydrogens (tertiary/aromatic N) is 1. The third-order valence-electron chi connectivity index (χ3n) is 1.74. The van der Waals surface area contributed by atoms with E-state index in [1.54, 1.807) is 19.5 Å². The first-order valence-corrected chi connectivity index (χ1v) is 4.10. The Balaban J connectivity index is 2.66. The van der Waals surface area contributed by atoms with Crippen LogP contribution in [0.4, 0.5) is 0 Å². The highest BCUT2D eigenvalue weighted by Gasteiger charge is 2.03. The summed E-state index contributed by atoms with van der Waals surface area (Å²) in [5.74, 6) is 0.711. The minimum Gasteiger partial charge on any atom is -0.495 e. The molecule has 72 valence electrons. The van der Waals surface area contributed by atoms with E-state index in [1.165, 1.54) is 0 Å². The van der Waals surface area contributed by atoms with E-state index < -0.39 is 0 Å². The van der Waals surface area contributed by atoms with E-state index in [9.17, 15) is 0 Å². The average Bonchev–Trinajstić information content (AvgIpc) is 2.18. The summed E-state index contributed by atoms with van der Waals surface area (Å²) in [5.41, 5.74) is 6.55. The highest BCUT2D eigenvalue weighted by Crippen LogP contribution is 2.11. The fraction of sp³-hybridized carbons (Fsp3) is 0.444. The summed E-state index contributed by atoms with van der Waals surface area (Å²) in [6, 6.07) is 1.64. The molecule has 1 aromatic heterocycles. The van der Waals surface area contributed by atoms with Crippen LogP contribution in [0.5, 0.6) is 5.75 Å². The van der Waals surface area contributed by atoms with E-state index in [4.69, 9.17) is 15.6 Å². The zero-order valence-corrected chi connectivity index (χ0v) is 7.60. The number of aliphatic hydroxyl groups is 1. The molecule has 0 saturated carbocycles. The van der Waals surface area contributed by atoms with Crippen LogP contribution in [-0.2, 0) is 6.42 Å². The van der Waals surface area contributed by atoms with Crippen molar-refractivity contribution < 1.29 is 9.84 Å². The molecule has 4 heteroatoms. The van der Waals surface area contributed by atoms with Gasteiger partial charge in [-0.2, -0.15) is 0 Å². The first kappa shape index (κ1) is 9.95. The summed E-state index contributed by atoms with van der Waals surface area (Å²) in [5, 5.41) is 8.75. The Bertz CT molecular complexity index is 266. The van der Waals surface area contributed by atoms with Gasteiger partial charge in [0.25, 0.3) is 0 Å². The van der Waals surface area contributed by atoms with Crippen molar-refractivity contribution in [1.82, 2.24) is 4.98 Å². The molecule has 0 saturated heterocycles. The van der Waals surface area contributed by atoms with Crippen LogP contribution in [0.1, 0.15) is 5.56 Å². The second-order valence-corrected chi connectivity index (χ2v) is 2.88. The van der Waals surface area contributed by atoms with E-state index in [1.807, 2.05) is 6.07 Å². The molecule has 0 fully saturated rings.